The lowest BCUT2D eigenvalue weighted by atomic mass is 9.96. The van der Waals surface area contributed by atoms with E-state index in [-0.39, 0.29) is 11.9 Å². The lowest BCUT2D eigenvalue weighted by molar-refractivity contribution is -0.111. The Hall–Kier alpha value is -0.620. The van der Waals surface area contributed by atoms with Gasteiger partial charge in [-0.15, -0.1) is 0 Å². The number of rotatable bonds is 5. The van der Waals surface area contributed by atoms with E-state index in [1.165, 1.54) is 0 Å². The summed E-state index contributed by atoms with van der Waals surface area (Å²) in [6.07, 6.45) is 6.24. The average Bonchev–Trinajstić information content (AvgIpc) is 2.63. The summed E-state index contributed by atoms with van der Waals surface area (Å²) in [5.41, 5.74) is 1.73. The number of hydrogen-bond donors (Lipinski definition) is 0. The zero-order valence-corrected chi connectivity index (χ0v) is 13.7. The van der Waals surface area contributed by atoms with Crippen LogP contribution in [-0.4, -0.2) is 18.2 Å². The molecule has 0 bridgehead atoms. The van der Waals surface area contributed by atoms with Gasteiger partial charge in [0.05, 0.1) is 11.7 Å². The molecule has 2 rings (SSSR count). The molecule has 2 aliphatic rings. The molecule has 0 radical (unpaired) electrons. The van der Waals surface area contributed by atoms with Gasteiger partial charge < -0.3 is 9.47 Å². The van der Waals surface area contributed by atoms with Crippen molar-refractivity contribution >= 4 is 28.4 Å². The van der Waals surface area contributed by atoms with Crippen molar-refractivity contribution < 1.29 is 14.3 Å². The number of carbonyl (C=O) groups excluding carboxylic acids is 1. The molecule has 0 spiro atoms. The Morgan fingerprint density at radius 1 is 1.42 bits per heavy atom. The molecule has 104 valence electrons. The summed E-state index contributed by atoms with van der Waals surface area (Å²) >= 11 is 2.14. The van der Waals surface area contributed by atoms with E-state index < -0.39 is 6.29 Å². The first kappa shape index (κ1) is 14.8. The van der Waals surface area contributed by atoms with Crippen molar-refractivity contribution in [1.29, 1.82) is 0 Å². The first-order valence-electron chi connectivity index (χ1n) is 6.71. The molecule has 3 nitrogen and oxygen atoms in total. The van der Waals surface area contributed by atoms with E-state index in [0.29, 0.717) is 5.76 Å². The van der Waals surface area contributed by atoms with Crippen LogP contribution in [0.3, 0.4) is 0 Å². The molecule has 1 atom stereocenters. The van der Waals surface area contributed by atoms with Gasteiger partial charge in [-0.05, 0) is 61.4 Å². The first-order valence-corrected chi connectivity index (χ1v) is 7.79. The van der Waals surface area contributed by atoms with Crippen LogP contribution >= 0.6 is 22.6 Å². The van der Waals surface area contributed by atoms with E-state index >= 15 is 0 Å². The van der Waals surface area contributed by atoms with Crippen LogP contribution in [-0.2, 0) is 14.3 Å². The highest BCUT2D eigenvalue weighted by atomic mass is 127. The molecule has 0 fully saturated rings. The van der Waals surface area contributed by atoms with E-state index in [2.05, 4.69) is 29.5 Å². The summed E-state index contributed by atoms with van der Waals surface area (Å²) in [6.45, 7) is 6.10. The van der Waals surface area contributed by atoms with Crippen LogP contribution < -0.4 is 0 Å². The third-order valence-electron chi connectivity index (χ3n) is 3.07. The third kappa shape index (κ3) is 3.28. The minimum atomic E-state index is -0.396. The first-order chi connectivity index (χ1) is 9.02. The topological polar surface area (TPSA) is 35.5 Å². The monoisotopic (exact) mass is 374 g/mol. The molecule has 0 saturated heterocycles. The lowest BCUT2D eigenvalue weighted by Gasteiger charge is -2.18. The van der Waals surface area contributed by atoms with E-state index in [9.17, 15) is 4.79 Å². The number of carbonyl (C=O) groups is 1. The number of allylic oxidation sites excluding steroid dienone is 4. The molecule has 0 aromatic heterocycles. The van der Waals surface area contributed by atoms with Crippen LogP contribution in [0, 0.1) is 0 Å². The zero-order chi connectivity index (χ0) is 14.0. The molecule has 0 saturated carbocycles. The Kier molecular flexibility index (Phi) is 4.84. The van der Waals surface area contributed by atoms with Gasteiger partial charge in [-0.2, -0.15) is 0 Å². The molecule has 0 aromatic rings. The Morgan fingerprint density at radius 2 is 2.16 bits per heavy atom. The fourth-order valence-electron chi connectivity index (χ4n) is 2.24. The van der Waals surface area contributed by atoms with Crippen LogP contribution in [0.5, 0.6) is 0 Å². The molecule has 1 aliphatic carbocycles. The third-order valence-corrected chi connectivity index (χ3v) is 3.69. The molecule has 0 N–H and O–H groups in total. The van der Waals surface area contributed by atoms with Crippen molar-refractivity contribution in [2.75, 3.05) is 0 Å². The van der Waals surface area contributed by atoms with Gasteiger partial charge in [-0.25, -0.2) is 0 Å². The molecule has 1 unspecified atom stereocenters. The van der Waals surface area contributed by atoms with E-state index in [4.69, 9.17) is 9.47 Å². The van der Waals surface area contributed by atoms with Crippen molar-refractivity contribution in [3.8, 4) is 0 Å². The van der Waals surface area contributed by atoms with Gasteiger partial charge in [-0.1, -0.05) is 13.3 Å². The summed E-state index contributed by atoms with van der Waals surface area (Å²) in [5, 5.41) is 0. The number of fused-ring (bicyclic) bond motifs is 1. The Bertz CT molecular complexity index is 472. The summed E-state index contributed by atoms with van der Waals surface area (Å²) < 4.78 is 12.5. The predicted octanol–water partition coefficient (Wildman–Crippen LogP) is 4.04. The van der Waals surface area contributed by atoms with Crippen molar-refractivity contribution in [2.45, 2.75) is 52.4 Å². The van der Waals surface area contributed by atoms with Crippen LogP contribution in [0.25, 0.3) is 0 Å². The molecular weight excluding hydrogens is 355 g/mol. The second-order valence-electron chi connectivity index (χ2n) is 5.04. The highest BCUT2D eigenvalue weighted by Gasteiger charge is 2.36. The number of halogens is 1. The Labute approximate surface area is 127 Å². The quantitative estimate of drug-likeness (QED) is 0.682. The summed E-state index contributed by atoms with van der Waals surface area (Å²) in [4.78, 5) is 12.2. The van der Waals surface area contributed by atoms with Gasteiger partial charge in [0.25, 0.3) is 0 Å². The summed E-state index contributed by atoms with van der Waals surface area (Å²) in [5.74, 6) is 0.719. The van der Waals surface area contributed by atoms with Gasteiger partial charge in [-0.3, -0.25) is 4.79 Å². The highest BCUT2D eigenvalue weighted by Crippen LogP contribution is 2.39. The lowest BCUT2D eigenvalue weighted by Crippen LogP contribution is -2.19. The molecular formula is C15H19IO3. The van der Waals surface area contributed by atoms with Gasteiger partial charge in [0.2, 0.25) is 6.29 Å². The maximum Gasteiger partial charge on any atom is 0.224 e. The Balaban J connectivity index is 2.32. The maximum atomic E-state index is 12.2. The maximum absolute atomic E-state index is 12.2. The number of hydrogen-bond acceptors (Lipinski definition) is 3. The van der Waals surface area contributed by atoms with Gasteiger partial charge in [0.15, 0.2) is 5.78 Å². The normalized spacial score (nSPS) is 22.4. The molecule has 1 heterocycles. The predicted molar refractivity (Wildman–Crippen MR) is 82.8 cm³/mol. The van der Waals surface area contributed by atoms with Crippen LogP contribution in [0.2, 0.25) is 0 Å². The number of unbranched alkanes of at least 4 members (excludes halogenated alkanes) is 1. The summed E-state index contributed by atoms with van der Waals surface area (Å²) in [7, 11) is 0. The van der Waals surface area contributed by atoms with Crippen LogP contribution in [0.4, 0.5) is 0 Å². The van der Waals surface area contributed by atoms with Gasteiger partial charge >= 0.3 is 0 Å². The fourth-order valence-corrected chi connectivity index (χ4v) is 2.80. The van der Waals surface area contributed by atoms with Crippen molar-refractivity contribution in [3.63, 3.8) is 0 Å². The van der Waals surface area contributed by atoms with Gasteiger partial charge in [0, 0.05) is 9.15 Å². The minimum Gasteiger partial charge on any atom is -0.460 e. The van der Waals surface area contributed by atoms with E-state index in [0.717, 1.165) is 34.0 Å². The highest BCUT2D eigenvalue weighted by molar-refractivity contribution is 14.1. The smallest absolute Gasteiger partial charge is 0.224 e. The van der Waals surface area contributed by atoms with Crippen molar-refractivity contribution in [3.05, 3.63) is 32.6 Å². The van der Waals surface area contributed by atoms with E-state index in [1.54, 1.807) is 6.08 Å². The standard InChI is InChI=1S/C15H19IO3/c1-4-5-6-11-14-12(17)7-10(16)8-13(14)19-15(11)18-9(2)3/h7-9,15H,4-6H2,1-3H3. The number of ketones is 1. The van der Waals surface area contributed by atoms with Crippen LogP contribution in [0.1, 0.15) is 40.0 Å². The molecule has 1 aliphatic heterocycles. The SMILES string of the molecule is CCCCC1=C2C(=O)C=C(I)C=C2OC1OC(C)C. The fraction of sp³-hybridized carbons (Fsp3) is 0.533. The van der Waals surface area contributed by atoms with Crippen molar-refractivity contribution in [2.24, 2.45) is 0 Å². The molecule has 0 aromatic carbocycles. The van der Waals surface area contributed by atoms with E-state index in [1.807, 2.05) is 19.9 Å². The second-order valence-corrected chi connectivity index (χ2v) is 6.29. The average molecular weight is 374 g/mol. The molecule has 0 amide bonds. The number of ether oxygens (including phenoxy) is 2. The van der Waals surface area contributed by atoms with Gasteiger partial charge in [0.1, 0.15) is 5.76 Å². The summed E-state index contributed by atoms with van der Waals surface area (Å²) in [6, 6.07) is 0. The molecule has 4 heteroatoms. The Morgan fingerprint density at radius 3 is 2.79 bits per heavy atom. The zero-order valence-electron chi connectivity index (χ0n) is 11.5. The second kappa shape index (κ2) is 6.22. The minimum absolute atomic E-state index is 0.0443. The van der Waals surface area contributed by atoms with Crippen molar-refractivity contribution in [1.82, 2.24) is 0 Å². The van der Waals surface area contributed by atoms with Crippen LogP contribution in [0.15, 0.2) is 32.6 Å². The largest absolute Gasteiger partial charge is 0.460 e. The molecule has 19 heavy (non-hydrogen) atoms.